The summed E-state index contributed by atoms with van der Waals surface area (Å²) in [7, 11) is 0. The topological polar surface area (TPSA) is 122 Å². The fourth-order valence-electron chi connectivity index (χ4n) is 2.86. The molecule has 0 saturated carbocycles. The molecule has 3 rings (SSSR count). The number of hydrogen-bond acceptors (Lipinski definition) is 9. The quantitative estimate of drug-likeness (QED) is 0.321. The summed E-state index contributed by atoms with van der Waals surface area (Å²) < 4.78 is 4.17. The standard InChI is InChI=1S/C22H22N8S/c1-4-5-11-25-20-17(12-23)14(2)19(21(27-20)26-16-9-7-6-8-10-16)28-29-22-18(13-24)15(3)30-31-22/h6-10H,4-5,11H2,1-3H3,(H2,25,26,27). The third-order valence-corrected chi connectivity index (χ3v) is 5.41. The molecule has 1 aromatic carbocycles. The molecule has 0 bridgehead atoms. The van der Waals surface area contributed by atoms with Crippen LogP contribution in [0.5, 0.6) is 0 Å². The summed E-state index contributed by atoms with van der Waals surface area (Å²) in [6.07, 6.45) is 2.00. The summed E-state index contributed by atoms with van der Waals surface area (Å²) in [4.78, 5) is 4.66. The molecule has 156 valence electrons. The minimum atomic E-state index is 0.398. The van der Waals surface area contributed by atoms with Crippen molar-refractivity contribution in [3.8, 4) is 12.1 Å². The van der Waals surface area contributed by atoms with Crippen molar-refractivity contribution in [2.45, 2.75) is 33.6 Å². The minimum Gasteiger partial charge on any atom is -0.369 e. The molecule has 2 aromatic heterocycles. The predicted molar refractivity (Wildman–Crippen MR) is 123 cm³/mol. The maximum atomic E-state index is 9.76. The first-order valence-electron chi connectivity index (χ1n) is 9.87. The van der Waals surface area contributed by atoms with Crippen LogP contribution in [-0.2, 0) is 0 Å². The summed E-state index contributed by atoms with van der Waals surface area (Å²) in [5.41, 5.74) is 3.36. The monoisotopic (exact) mass is 430 g/mol. The largest absolute Gasteiger partial charge is 0.369 e. The third kappa shape index (κ3) is 5.03. The number of aromatic nitrogens is 2. The van der Waals surface area contributed by atoms with Gasteiger partial charge in [-0.2, -0.15) is 14.9 Å². The third-order valence-electron chi connectivity index (χ3n) is 4.58. The average Bonchev–Trinajstić information content (AvgIpc) is 3.13. The number of aryl methyl sites for hydroxylation is 1. The second-order valence-electron chi connectivity index (χ2n) is 6.80. The lowest BCUT2D eigenvalue weighted by atomic mass is 10.1. The average molecular weight is 431 g/mol. The van der Waals surface area contributed by atoms with Gasteiger partial charge in [0.15, 0.2) is 10.8 Å². The fourth-order valence-corrected chi connectivity index (χ4v) is 3.54. The normalized spacial score (nSPS) is 10.6. The molecule has 31 heavy (non-hydrogen) atoms. The van der Waals surface area contributed by atoms with E-state index in [4.69, 9.17) is 0 Å². The van der Waals surface area contributed by atoms with Crippen molar-refractivity contribution in [2.75, 3.05) is 17.2 Å². The van der Waals surface area contributed by atoms with Gasteiger partial charge < -0.3 is 10.6 Å². The lowest BCUT2D eigenvalue weighted by Crippen LogP contribution is -2.08. The molecule has 3 aromatic rings. The molecule has 0 aliphatic carbocycles. The van der Waals surface area contributed by atoms with Crippen LogP contribution in [0.15, 0.2) is 40.6 Å². The molecular weight excluding hydrogens is 408 g/mol. The maximum Gasteiger partial charge on any atom is 0.176 e. The van der Waals surface area contributed by atoms with Gasteiger partial charge in [0.1, 0.15) is 29.2 Å². The smallest absolute Gasteiger partial charge is 0.176 e. The van der Waals surface area contributed by atoms with Crippen molar-refractivity contribution in [2.24, 2.45) is 10.2 Å². The molecule has 8 nitrogen and oxygen atoms in total. The molecule has 9 heteroatoms. The predicted octanol–water partition coefficient (Wildman–Crippen LogP) is 6.27. The summed E-state index contributed by atoms with van der Waals surface area (Å²) >= 11 is 1.11. The van der Waals surface area contributed by atoms with Gasteiger partial charge in [0, 0.05) is 17.8 Å². The van der Waals surface area contributed by atoms with Gasteiger partial charge >= 0.3 is 0 Å². The Morgan fingerprint density at radius 2 is 1.77 bits per heavy atom. The van der Waals surface area contributed by atoms with Crippen LogP contribution < -0.4 is 10.6 Å². The Bertz CT molecular complexity index is 1170. The highest BCUT2D eigenvalue weighted by molar-refractivity contribution is 7.10. The summed E-state index contributed by atoms with van der Waals surface area (Å²) in [5.74, 6) is 0.988. The molecular formula is C22H22N8S. The van der Waals surface area contributed by atoms with Crippen molar-refractivity contribution in [1.82, 2.24) is 9.36 Å². The van der Waals surface area contributed by atoms with Crippen molar-refractivity contribution in [3.05, 3.63) is 52.7 Å². The molecule has 2 heterocycles. The first-order valence-corrected chi connectivity index (χ1v) is 10.6. The lowest BCUT2D eigenvalue weighted by Gasteiger charge is -2.15. The number of unbranched alkanes of at least 4 members (excludes halogenated alkanes) is 1. The summed E-state index contributed by atoms with van der Waals surface area (Å²) in [6.45, 7) is 6.40. The Balaban J connectivity index is 2.09. The SMILES string of the molecule is CCCCNc1nc(Nc2ccccc2)c(N=Nc2snc(C)c2C#N)c(C)c1C#N. The summed E-state index contributed by atoms with van der Waals surface area (Å²) in [6, 6.07) is 13.9. The molecule has 0 fully saturated rings. The maximum absolute atomic E-state index is 9.76. The molecule has 0 radical (unpaired) electrons. The molecule has 0 aliphatic heterocycles. The highest BCUT2D eigenvalue weighted by Gasteiger charge is 2.18. The number of nitrogens with one attached hydrogen (secondary N) is 2. The van der Waals surface area contributed by atoms with Crippen LogP contribution in [0, 0.1) is 36.5 Å². The molecule has 0 spiro atoms. The van der Waals surface area contributed by atoms with Crippen molar-refractivity contribution < 1.29 is 0 Å². The number of anilines is 3. The van der Waals surface area contributed by atoms with Crippen molar-refractivity contribution in [1.29, 1.82) is 10.5 Å². The number of pyridine rings is 1. The first-order chi connectivity index (χ1) is 15.1. The second-order valence-corrected chi connectivity index (χ2v) is 7.55. The number of benzene rings is 1. The van der Waals surface area contributed by atoms with E-state index in [-0.39, 0.29) is 0 Å². The number of hydrogen-bond donors (Lipinski definition) is 2. The van der Waals surface area contributed by atoms with E-state index in [0.717, 1.165) is 36.6 Å². The van der Waals surface area contributed by atoms with E-state index >= 15 is 0 Å². The Kier molecular flexibility index (Phi) is 7.26. The van der Waals surface area contributed by atoms with Crippen LogP contribution in [0.25, 0.3) is 0 Å². The molecule has 0 atom stereocenters. The molecule has 0 saturated heterocycles. The van der Waals surface area contributed by atoms with Crippen LogP contribution in [-0.4, -0.2) is 15.9 Å². The molecule has 0 unspecified atom stereocenters. The highest BCUT2D eigenvalue weighted by atomic mass is 32.1. The zero-order chi connectivity index (χ0) is 22.2. The first kappa shape index (κ1) is 21.9. The lowest BCUT2D eigenvalue weighted by molar-refractivity contribution is 0.830. The zero-order valence-corrected chi connectivity index (χ0v) is 18.4. The van der Waals surface area contributed by atoms with Gasteiger partial charge in [-0.05, 0) is 43.9 Å². The molecule has 0 amide bonds. The van der Waals surface area contributed by atoms with Crippen molar-refractivity contribution >= 4 is 39.5 Å². The molecule has 2 N–H and O–H groups in total. The van der Waals surface area contributed by atoms with Gasteiger partial charge in [-0.25, -0.2) is 4.98 Å². The van der Waals surface area contributed by atoms with Crippen LogP contribution in [0.2, 0.25) is 0 Å². The van der Waals surface area contributed by atoms with E-state index < -0.39 is 0 Å². The Morgan fingerprint density at radius 1 is 1.03 bits per heavy atom. The van der Waals surface area contributed by atoms with Gasteiger partial charge in [-0.15, -0.1) is 10.2 Å². The number of rotatable bonds is 8. The second kappa shape index (κ2) is 10.3. The van der Waals surface area contributed by atoms with Crippen LogP contribution in [0.4, 0.5) is 28.0 Å². The number of nitriles is 2. The molecule has 0 aliphatic rings. The van der Waals surface area contributed by atoms with E-state index in [9.17, 15) is 10.5 Å². The van der Waals surface area contributed by atoms with Gasteiger partial charge in [0.25, 0.3) is 0 Å². The van der Waals surface area contributed by atoms with Crippen molar-refractivity contribution in [3.63, 3.8) is 0 Å². The van der Waals surface area contributed by atoms with Gasteiger partial charge in [-0.3, -0.25) is 0 Å². The van der Waals surface area contributed by atoms with Crippen LogP contribution in [0.3, 0.4) is 0 Å². The number of azo groups is 1. The fraction of sp³-hybridized carbons (Fsp3) is 0.273. The summed E-state index contributed by atoms with van der Waals surface area (Å²) in [5, 5.41) is 34.7. The van der Waals surface area contributed by atoms with E-state index in [2.05, 4.69) is 49.3 Å². The van der Waals surface area contributed by atoms with E-state index in [0.29, 0.717) is 44.7 Å². The Labute approximate surface area is 185 Å². The van der Waals surface area contributed by atoms with Crippen LogP contribution >= 0.6 is 11.5 Å². The van der Waals surface area contributed by atoms with Gasteiger partial charge in [-0.1, -0.05) is 31.5 Å². The van der Waals surface area contributed by atoms with Crippen LogP contribution in [0.1, 0.15) is 42.1 Å². The van der Waals surface area contributed by atoms with E-state index in [1.54, 1.807) is 6.92 Å². The van der Waals surface area contributed by atoms with E-state index in [1.807, 2.05) is 37.3 Å². The minimum absolute atomic E-state index is 0.398. The number of nitrogens with zero attached hydrogens (tertiary/aromatic N) is 6. The number of para-hydroxylation sites is 1. The highest BCUT2D eigenvalue weighted by Crippen LogP contribution is 2.37. The van der Waals surface area contributed by atoms with Gasteiger partial charge in [0.05, 0.1) is 11.3 Å². The Hall–Kier alpha value is -3.82. The van der Waals surface area contributed by atoms with E-state index in [1.165, 1.54) is 0 Å². The zero-order valence-electron chi connectivity index (χ0n) is 17.6. The Morgan fingerprint density at radius 3 is 2.45 bits per heavy atom. The van der Waals surface area contributed by atoms with Gasteiger partial charge in [0.2, 0.25) is 0 Å².